The van der Waals surface area contributed by atoms with E-state index in [1.807, 2.05) is 16.7 Å². The molecule has 9 nitrogen and oxygen atoms in total. The summed E-state index contributed by atoms with van der Waals surface area (Å²) >= 11 is 11.5. The summed E-state index contributed by atoms with van der Waals surface area (Å²) in [5.74, 6) is -0.996. The van der Waals surface area contributed by atoms with E-state index >= 15 is 0 Å². The lowest BCUT2D eigenvalue weighted by Crippen LogP contribution is -2.52. The summed E-state index contributed by atoms with van der Waals surface area (Å²) in [5, 5.41) is 14.9. The minimum absolute atomic E-state index is 0.129. The lowest BCUT2D eigenvalue weighted by molar-refractivity contribution is -0.384. The molecule has 1 amide bonds. The third-order valence-corrected chi connectivity index (χ3v) is 5.85. The Hall–Kier alpha value is -3.24. The number of aryl methyl sites for hydroxylation is 1. The number of carbonyl (C=O) groups is 2. The zero-order chi connectivity index (χ0) is 24.1. The molecule has 1 aliphatic rings. The van der Waals surface area contributed by atoms with Crippen molar-refractivity contribution >= 4 is 52.2 Å². The summed E-state index contributed by atoms with van der Waals surface area (Å²) in [6.45, 7) is 5.54. The van der Waals surface area contributed by atoms with Crippen LogP contribution in [0.2, 0.25) is 5.02 Å². The van der Waals surface area contributed by atoms with Gasteiger partial charge in [-0.25, -0.2) is 4.79 Å². The number of nitrogens with zero attached hydrogens (tertiary/aromatic N) is 3. The second-order valence-electron chi connectivity index (χ2n) is 7.40. The largest absolute Gasteiger partial charge is 0.462 e. The van der Waals surface area contributed by atoms with Gasteiger partial charge in [0.15, 0.2) is 5.11 Å². The minimum Gasteiger partial charge on any atom is -0.462 e. The van der Waals surface area contributed by atoms with E-state index in [1.54, 1.807) is 31.2 Å². The van der Waals surface area contributed by atoms with Gasteiger partial charge in [-0.1, -0.05) is 17.7 Å². The quantitative estimate of drug-likeness (QED) is 0.293. The Balaban J connectivity index is 1.65. The number of esters is 1. The van der Waals surface area contributed by atoms with E-state index in [0.29, 0.717) is 42.5 Å². The normalized spacial score (nSPS) is 13.4. The van der Waals surface area contributed by atoms with E-state index in [4.69, 9.17) is 28.6 Å². The number of halogens is 1. The van der Waals surface area contributed by atoms with Crippen molar-refractivity contribution in [2.24, 2.45) is 0 Å². The summed E-state index contributed by atoms with van der Waals surface area (Å²) < 4.78 is 4.93. The maximum Gasteiger partial charge on any atom is 0.338 e. The van der Waals surface area contributed by atoms with E-state index < -0.39 is 16.8 Å². The number of carbonyl (C=O) groups excluding carboxylic acids is 2. The van der Waals surface area contributed by atoms with Crippen molar-refractivity contribution in [1.29, 1.82) is 0 Å². The Kier molecular flexibility index (Phi) is 7.83. The summed E-state index contributed by atoms with van der Waals surface area (Å²) in [5.41, 5.74) is 1.65. The number of hydrogen-bond donors (Lipinski definition) is 1. The molecule has 0 aliphatic carbocycles. The molecule has 0 unspecified atom stereocenters. The van der Waals surface area contributed by atoms with Gasteiger partial charge in [-0.2, -0.15) is 0 Å². The van der Waals surface area contributed by atoms with Crippen LogP contribution < -0.4 is 10.2 Å². The number of rotatable bonds is 5. The molecule has 2 aromatic rings. The zero-order valence-corrected chi connectivity index (χ0v) is 19.7. The SMILES string of the molecule is CCOC(=O)c1ccc(N2CCN(C(=S)NC(=O)c3ccc(C)cc3Cl)CC2)c([N+](=O)[O-])c1. The molecule has 11 heteroatoms. The van der Waals surface area contributed by atoms with Crippen molar-refractivity contribution in [3.8, 4) is 0 Å². The second kappa shape index (κ2) is 10.6. The maximum absolute atomic E-state index is 12.5. The number of amides is 1. The van der Waals surface area contributed by atoms with Crippen LogP contribution in [0.4, 0.5) is 11.4 Å². The number of ether oxygens (including phenoxy) is 1. The van der Waals surface area contributed by atoms with E-state index in [1.165, 1.54) is 12.1 Å². The fourth-order valence-corrected chi connectivity index (χ4v) is 4.07. The van der Waals surface area contributed by atoms with Gasteiger partial charge < -0.3 is 14.5 Å². The number of thiocarbonyl (C=S) groups is 1. The van der Waals surface area contributed by atoms with Crippen LogP contribution in [0.15, 0.2) is 36.4 Å². The number of piperazine rings is 1. The van der Waals surface area contributed by atoms with Gasteiger partial charge in [-0.3, -0.25) is 20.2 Å². The number of nitrogens with one attached hydrogen (secondary N) is 1. The molecule has 2 aromatic carbocycles. The first-order valence-corrected chi connectivity index (χ1v) is 11.1. The predicted octanol–water partition coefficient (Wildman–Crippen LogP) is 3.57. The van der Waals surface area contributed by atoms with Crippen LogP contribution in [0.25, 0.3) is 0 Å². The molecule has 3 rings (SSSR count). The van der Waals surface area contributed by atoms with Crippen LogP contribution in [0.3, 0.4) is 0 Å². The highest BCUT2D eigenvalue weighted by Crippen LogP contribution is 2.30. The predicted molar refractivity (Wildman–Crippen MR) is 129 cm³/mol. The Morgan fingerprint density at radius 3 is 2.48 bits per heavy atom. The molecule has 0 bridgehead atoms. The van der Waals surface area contributed by atoms with Gasteiger partial charge >= 0.3 is 5.97 Å². The highest BCUT2D eigenvalue weighted by Gasteiger charge is 2.27. The summed E-state index contributed by atoms with van der Waals surface area (Å²) in [6, 6.07) is 9.45. The van der Waals surface area contributed by atoms with Gasteiger partial charge in [0.25, 0.3) is 11.6 Å². The number of hydrogen-bond acceptors (Lipinski definition) is 7. The number of nitro benzene ring substituents is 1. The molecule has 0 saturated carbocycles. The molecule has 33 heavy (non-hydrogen) atoms. The average molecular weight is 491 g/mol. The van der Waals surface area contributed by atoms with Crippen LogP contribution >= 0.6 is 23.8 Å². The van der Waals surface area contributed by atoms with Crippen molar-refractivity contribution in [2.75, 3.05) is 37.7 Å². The monoisotopic (exact) mass is 490 g/mol. The average Bonchev–Trinajstić information content (AvgIpc) is 2.78. The van der Waals surface area contributed by atoms with E-state index in [9.17, 15) is 19.7 Å². The molecular weight excluding hydrogens is 468 g/mol. The van der Waals surface area contributed by atoms with Crippen LogP contribution in [-0.2, 0) is 4.74 Å². The van der Waals surface area contributed by atoms with Gasteiger partial charge in [0.05, 0.1) is 27.7 Å². The highest BCUT2D eigenvalue weighted by atomic mass is 35.5. The summed E-state index contributed by atoms with van der Waals surface area (Å²) in [4.78, 5) is 39.2. The Morgan fingerprint density at radius 1 is 1.18 bits per heavy atom. The molecule has 0 atom stereocenters. The van der Waals surface area contributed by atoms with Gasteiger partial charge in [-0.15, -0.1) is 0 Å². The number of nitro groups is 1. The molecule has 1 fully saturated rings. The first-order valence-electron chi connectivity index (χ1n) is 10.3. The molecule has 0 radical (unpaired) electrons. The van der Waals surface area contributed by atoms with Gasteiger partial charge in [0.2, 0.25) is 0 Å². The minimum atomic E-state index is -0.605. The zero-order valence-electron chi connectivity index (χ0n) is 18.2. The van der Waals surface area contributed by atoms with Gasteiger partial charge in [0.1, 0.15) is 5.69 Å². The van der Waals surface area contributed by atoms with E-state index in [2.05, 4.69) is 5.32 Å². The smallest absolute Gasteiger partial charge is 0.338 e. The topological polar surface area (TPSA) is 105 Å². The Bertz CT molecular complexity index is 1100. The summed E-state index contributed by atoms with van der Waals surface area (Å²) in [6.07, 6.45) is 0. The van der Waals surface area contributed by atoms with Crippen molar-refractivity contribution in [1.82, 2.24) is 10.2 Å². The molecule has 1 aliphatic heterocycles. The third kappa shape index (κ3) is 5.77. The Labute approximate surface area is 201 Å². The lowest BCUT2D eigenvalue weighted by Gasteiger charge is -2.37. The standard InChI is InChI=1S/C22H23ClN4O5S/c1-3-32-21(29)15-5-7-18(19(13-15)27(30)31)25-8-10-26(11-9-25)22(33)24-20(28)16-6-4-14(2)12-17(16)23/h4-7,12-13H,3,8-11H2,1-2H3,(H,24,28,33). The van der Waals surface area contributed by atoms with E-state index in [0.717, 1.165) is 5.56 Å². The van der Waals surface area contributed by atoms with Gasteiger partial charge in [0, 0.05) is 32.2 Å². The highest BCUT2D eigenvalue weighted by molar-refractivity contribution is 7.80. The number of anilines is 1. The molecule has 1 heterocycles. The first kappa shape index (κ1) is 24.4. The third-order valence-electron chi connectivity index (χ3n) is 5.18. The lowest BCUT2D eigenvalue weighted by atomic mass is 10.1. The number of benzene rings is 2. The van der Waals surface area contributed by atoms with Crippen LogP contribution in [0.1, 0.15) is 33.2 Å². The van der Waals surface area contributed by atoms with Crippen molar-refractivity contribution < 1.29 is 19.2 Å². The van der Waals surface area contributed by atoms with E-state index in [-0.39, 0.29) is 23.0 Å². The molecule has 0 spiro atoms. The van der Waals surface area contributed by atoms with Gasteiger partial charge in [-0.05, 0) is 55.9 Å². The second-order valence-corrected chi connectivity index (χ2v) is 8.19. The van der Waals surface area contributed by atoms with Crippen LogP contribution in [-0.4, -0.2) is 59.6 Å². The maximum atomic E-state index is 12.5. The molecule has 0 aromatic heterocycles. The molecule has 1 N–H and O–H groups in total. The van der Waals surface area contributed by atoms with Crippen LogP contribution in [0, 0.1) is 17.0 Å². The fraction of sp³-hybridized carbons (Fsp3) is 0.318. The molecular formula is C22H23ClN4O5S. The fourth-order valence-electron chi connectivity index (χ4n) is 3.48. The first-order chi connectivity index (χ1) is 15.7. The van der Waals surface area contributed by atoms with Crippen molar-refractivity contribution in [2.45, 2.75) is 13.8 Å². The summed E-state index contributed by atoms with van der Waals surface area (Å²) in [7, 11) is 0. The van der Waals surface area contributed by atoms with Crippen LogP contribution in [0.5, 0.6) is 0 Å². The van der Waals surface area contributed by atoms with Crippen molar-refractivity contribution in [3.63, 3.8) is 0 Å². The van der Waals surface area contributed by atoms with Crippen molar-refractivity contribution in [3.05, 3.63) is 68.2 Å². The molecule has 1 saturated heterocycles. The Morgan fingerprint density at radius 2 is 1.88 bits per heavy atom. The molecule has 174 valence electrons.